The van der Waals surface area contributed by atoms with Crippen LogP contribution in [0.15, 0.2) is 91.0 Å². The first-order valence-corrected chi connectivity index (χ1v) is 11.1. The molecule has 3 aromatic rings. The molecule has 0 bridgehead atoms. The van der Waals surface area contributed by atoms with Crippen molar-refractivity contribution >= 4 is 21.5 Å². The van der Waals surface area contributed by atoms with Gasteiger partial charge < -0.3 is 0 Å². The molecular formula is C18H17PRh. The van der Waals surface area contributed by atoms with Gasteiger partial charge in [-0.3, -0.25) is 0 Å². The van der Waals surface area contributed by atoms with Gasteiger partial charge >= 0.3 is 130 Å². The van der Waals surface area contributed by atoms with E-state index in [2.05, 4.69) is 109 Å². The maximum absolute atomic E-state index is 3.08. The van der Waals surface area contributed by atoms with Gasteiger partial charge in [0.05, 0.1) is 0 Å². The minimum absolute atomic E-state index is 1.42. The van der Waals surface area contributed by atoms with E-state index in [4.69, 9.17) is 0 Å². The van der Waals surface area contributed by atoms with Crippen LogP contribution in [0.5, 0.6) is 0 Å². The normalized spacial score (nSPS) is 12.1. The summed E-state index contributed by atoms with van der Waals surface area (Å²) in [4.78, 5) is 0. The van der Waals surface area contributed by atoms with Gasteiger partial charge in [-0.25, -0.2) is 0 Å². The Morgan fingerprint density at radius 2 is 0.700 bits per heavy atom. The number of hydrogen-bond acceptors (Lipinski definition) is 0. The van der Waals surface area contributed by atoms with E-state index in [0.717, 1.165) is 0 Å². The van der Waals surface area contributed by atoms with Crippen molar-refractivity contribution in [2.24, 2.45) is 0 Å². The van der Waals surface area contributed by atoms with E-state index < -0.39 is 5.59 Å². The summed E-state index contributed by atoms with van der Waals surface area (Å²) in [5, 5.41) is 4.27. The van der Waals surface area contributed by atoms with E-state index in [1.807, 2.05) is 0 Å². The average Bonchev–Trinajstić information content (AvgIpc) is 2.56. The third kappa shape index (κ3) is 2.49. The van der Waals surface area contributed by atoms with E-state index in [-0.39, 0.29) is 0 Å². The molecule has 103 valence electrons. The molecule has 0 aliphatic heterocycles. The van der Waals surface area contributed by atoms with Crippen molar-refractivity contribution in [2.75, 3.05) is 0 Å². The third-order valence-corrected chi connectivity index (χ3v) is 11.4. The Hall–Kier alpha value is -1.29. The van der Waals surface area contributed by atoms with Gasteiger partial charge in [0.15, 0.2) is 0 Å². The summed E-state index contributed by atoms with van der Waals surface area (Å²) in [6, 6.07) is 32.6. The summed E-state index contributed by atoms with van der Waals surface area (Å²) in [5.41, 5.74) is -1.95. The monoisotopic (exact) mass is 367 g/mol. The van der Waals surface area contributed by atoms with Crippen LogP contribution >= 0.6 is 5.59 Å². The summed E-state index contributed by atoms with van der Waals surface area (Å²) >= 11 is 3.08. The van der Waals surface area contributed by atoms with Gasteiger partial charge in [-0.15, -0.1) is 0 Å². The van der Waals surface area contributed by atoms with E-state index >= 15 is 0 Å². The molecule has 0 unspecified atom stereocenters. The Bertz CT molecular complexity index is 569. The van der Waals surface area contributed by atoms with Crippen molar-refractivity contribution in [3.05, 3.63) is 91.0 Å². The van der Waals surface area contributed by atoms with Crippen molar-refractivity contribution in [1.29, 1.82) is 0 Å². The Labute approximate surface area is 130 Å². The van der Waals surface area contributed by atoms with Crippen molar-refractivity contribution in [3.8, 4) is 0 Å². The van der Waals surface area contributed by atoms with Crippen molar-refractivity contribution in [3.63, 3.8) is 0 Å². The molecule has 0 aliphatic carbocycles. The van der Waals surface area contributed by atoms with Crippen LogP contribution in [0.25, 0.3) is 0 Å². The van der Waals surface area contributed by atoms with Crippen LogP contribution in [-0.4, -0.2) is 0 Å². The standard InChI is InChI=1S/C18H15P.Rh.H/c1-4-10-16(11-5-1)19(17-12-6-2-7-13-17)18-14-8-3-9-15-18;;/h1-15H;;/q;-1;/p+1. The van der Waals surface area contributed by atoms with Crippen molar-refractivity contribution in [1.82, 2.24) is 0 Å². The number of rotatable bonds is 3. The van der Waals surface area contributed by atoms with Crippen LogP contribution in [0, 0.1) is 0 Å². The first kappa shape index (κ1) is 13.7. The van der Waals surface area contributed by atoms with Gasteiger partial charge in [0, 0.05) is 0 Å². The Morgan fingerprint density at radius 1 is 0.450 bits per heavy atom. The van der Waals surface area contributed by atoms with Crippen LogP contribution in [0.2, 0.25) is 0 Å². The Morgan fingerprint density at radius 3 is 0.950 bits per heavy atom. The molecule has 0 heterocycles. The van der Waals surface area contributed by atoms with Crippen LogP contribution in [0.4, 0.5) is 0 Å². The molecule has 3 rings (SSSR count). The molecule has 0 fully saturated rings. The molecule has 20 heavy (non-hydrogen) atoms. The molecule has 3 aromatic carbocycles. The van der Waals surface area contributed by atoms with Gasteiger partial charge in [0.25, 0.3) is 0 Å². The molecule has 0 radical (unpaired) electrons. The summed E-state index contributed by atoms with van der Waals surface area (Å²) in [5.74, 6) is 0. The Balaban J connectivity index is 2.24. The van der Waals surface area contributed by atoms with Crippen LogP contribution < -0.4 is 15.9 Å². The second-order valence-electron chi connectivity index (χ2n) is 4.74. The second kappa shape index (κ2) is 6.00. The van der Waals surface area contributed by atoms with Gasteiger partial charge in [0.2, 0.25) is 0 Å². The zero-order chi connectivity index (χ0) is 13.8. The zero-order valence-electron chi connectivity index (χ0n) is 11.0. The van der Waals surface area contributed by atoms with E-state index in [0.29, 0.717) is 0 Å². The predicted molar refractivity (Wildman–Crippen MR) is 87.9 cm³/mol. The SMILES string of the molecule is [RhH][PH](c1ccccc1)(c1ccccc1)c1ccccc1. The molecule has 0 N–H and O–H groups in total. The summed E-state index contributed by atoms with van der Waals surface area (Å²) in [6.07, 6.45) is 0. The molecule has 0 spiro atoms. The molecule has 0 aromatic heterocycles. The molecule has 0 saturated carbocycles. The van der Waals surface area contributed by atoms with Crippen LogP contribution in [0.1, 0.15) is 0 Å². The third-order valence-electron chi connectivity index (χ3n) is 3.49. The van der Waals surface area contributed by atoms with Gasteiger partial charge in [-0.2, -0.15) is 0 Å². The number of hydrogen-bond donors (Lipinski definition) is 0. The molecule has 0 atom stereocenters. The molecule has 2 heteroatoms. The first-order chi connectivity index (χ1) is 9.82. The number of benzene rings is 3. The molecule has 0 nitrogen and oxygen atoms in total. The summed E-state index contributed by atoms with van der Waals surface area (Å²) in [6.45, 7) is 0. The van der Waals surface area contributed by atoms with E-state index in [1.165, 1.54) is 15.9 Å². The second-order valence-corrected chi connectivity index (χ2v) is 11.7. The average molecular weight is 367 g/mol. The Kier molecular flexibility index (Phi) is 4.11. The predicted octanol–water partition coefficient (Wildman–Crippen LogP) is 2.91. The van der Waals surface area contributed by atoms with Gasteiger partial charge in [-0.1, -0.05) is 0 Å². The minimum atomic E-state index is -1.95. The topological polar surface area (TPSA) is 0 Å². The summed E-state index contributed by atoms with van der Waals surface area (Å²) < 4.78 is 0. The van der Waals surface area contributed by atoms with Gasteiger partial charge in [0.1, 0.15) is 0 Å². The maximum atomic E-state index is 3.08. The molecule has 0 amide bonds. The van der Waals surface area contributed by atoms with Gasteiger partial charge in [-0.05, 0) is 0 Å². The quantitative estimate of drug-likeness (QED) is 0.493. The van der Waals surface area contributed by atoms with Crippen LogP contribution in [-0.2, 0) is 17.8 Å². The fraction of sp³-hybridized carbons (Fsp3) is 0. The fourth-order valence-corrected chi connectivity index (χ4v) is 8.03. The fourth-order valence-electron chi connectivity index (χ4n) is 2.49. The summed E-state index contributed by atoms with van der Waals surface area (Å²) in [7, 11) is 0. The first-order valence-electron chi connectivity index (χ1n) is 6.66. The zero-order valence-corrected chi connectivity index (χ0v) is 13.8. The molecule has 0 aliphatic rings. The van der Waals surface area contributed by atoms with Crippen molar-refractivity contribution < 1.29 is 17.8 Å². The van der Waals surface area contributed by atoms with E-state index in [1.54, 1.807) is 0 Å². The molecule has 0 saturated heterocycles. The van der Waals surface area contributed by atoms with Crippen LogP contribution in [0.3, 0.4) is 0 Å². The van der Waals surface area contributed by atoms with E-state index in [9.17, 15) is 0 Å². The molecular weight excluding hydrogens is 350 g/mol. The van der Waals surface area contributed by atoms with Crippen molar-refractivity contribution in [2.45, 2.75) is 0 Å².